The Hall–Kier alpha value is -3.11. The van der Waals surface area contributed by atoms with Crippen molar-refractivity contribution in [3.63, 3.8) is 0 Å². The SMILES string of the molecule is Cc1ccc(S(=O)(=O)NC(Cc2ccc(O)cc2)C(=O)NCCNC(=O)OC(C)(C)C)cc1. The predicted octanol–water partition coefficient (Wildman–Crippen LogP) is 2.23. The highest BCUT2D eigenvalue weighted by Crippen LogP contribution is 2.14. The fourth-order valence-electron chi connectivity index (χ4n) is 2.82. The fourth-order valence-corrected chi connectivity index (χ4v) is 4.01. The molecule has 180 valence electrons. The Kier molecular flexibility index (Phi) is 8.84. The van der Waals surface area contributed by atoms with E-state index in [1.54, 1.807) is 45.0 Å². The van der Waals surface area contributed by atoms with Gasteiger partial charge in [-0.2, -0.15) is 4.72 Å². The van der Waals surface area contributed by atoms with Crippen molar-refractivity contribution in [3.8, 4) is 5.75 Å². The Labute approximate surface area is 194 Å². The van der Waals surface area contributed by atoms with Crippen LogP contribution in [0.5, 0.6) is 5.75 Å². The number of sulfonamides is 1. The molecule has 0 saturated heterocycles. The third-order valence-corrected chi connectivity index (χ3v) is 5.90. The second-order valence-electron chi connectivity index (χ2n) is 8.58. The molecule has 0 heterocycles. The smallest absolute Gasteiger partial charge is 0.407 e. The maximum absolute atomic E-state index is 12.9. The largest absolute Gasteiger partial charge is 0.508 e. The van der Waals surface area contributed by atoms with E-state index in [0.717, 1.165) is 5.56 Å². The molecule has 4 N–H and O–H groups in total. The molecule has 0 fully saturated rings. The molecule has 0 aliphatic carbocycles. The summed E-state index contributed by atoms with van der Waals surface area (Å²) in [7, 11) is -3.96. The molecular formula is C23H31N3O6S. The van der Waals surface area contributed by atoms with Crippen LogP contribution in [0.15, 0.2) is 53.4 Å². The maximum atomic E-state index is 12.9. The number of aryl methyl sites for hydroxylation is 1. The molecule has 0 spiro atoms. The van der Waals surface area contributed by atoms with Crippen LogP contribution in [-0.4, -0.2) is 50.3 Å². The van der Waals surface area contributed by atoms with Crippen LogP contribution in [0.2, 0.25) is 0 Å². The van der Waals surface area contributed by atoms with E-state index in [2.05, 4.69) is 15.4 Å². The molecule has 2 amide bonds. The van der Waals surface area contributed by atoms with Crippen molar-refractivity contribution >= 4 is 22.0 Å². The van der Waals surface area contributed by atoms with E-state index < -0.39 is 33.7 Å². The van der Waals surface area contributed by atoms with Crippen molar-refractivity contribution in [2.45, 2.75) is 50.7 Å². The second kappa shape index (κ2) is 11.2. The van der Waals surface area contributed by atoms with E-state index in [0.29, 0.717) is 5.56 Å². The molecule has 0 aliphatic heterocycles. The van der Waals surface area contributed by atoms with Crippen molar-refractivity contribution in [1.29, 1.82) is 0 Å². The average Bonchev–Trinajstić information content (AvgIpc) is 2.71. The number of alkyl carbamates (subject to hydrolysis) is 1. The number of aromatic hydroxyl groups is 1. The van der Waals surface area contributed by atoms with E-state index in [1.165, 1.54) is 24.3 Å². The number of hydrogen-bond donors (Lipinski definition) is 4. The van der Waals surface area contributed by atoms with Crippen LogP contribution >= 0.6 is 0 Å². The topological polar surface area (TPSA) is 134 Å². The number of benzene rings is 2. The Balaban J connectivity index is 2.06. The Morgan fingerprint density at radius 2 is 1.55 bits per heavy atom. The summed E-state index contributed by atoms with van der Waals surface area (Å²) in [6.07, 6.45) is -0.547. The number of carbonyl (C=O) groups is 2. The highest BCUT2D eigenvalue weighted by molar-refractivity contribution is 7.89. The number of phenols is 1. The number of hydrogen-bond acceptors (Lipinski definition) is 6. The molecule has 0 bridgehead atoms. The number of carbonyl (C=O) groups excluding carboxylic acids is 2. The first-order valence-electron chi connectivity index (χ1n) is 10.5. The van der Waals surface area contributed by atoms with Crippen LogP contribution in [-0.2, 0) is 26.0 Å². The highest BCUT2D eigenvalue weighted by atomic mass is 32.2. The van der Waals surface area contributed by atoms with Crippen LogP contribution in [0.1, 0.15) is 31.9 Å². The number of ether oxygens (including phenoxy) is 1. The number of phenolic OH excluding ortho intramolecular Hbond substituents is 1. The zero-order valence-electron chi connectivity index (χ0n) is 19.2. The van der Waals surface area contributed by atoms with E-state index in [1.807, 2.05) is 6.92 Å². The van der Waals surface area contributed by atoms with Gasteiger partial charge in [0.2, 0.25) is 15.9 Å². The minimum atomic E-state index is -3.96. The quantitative estimate of drug-likeness (QED) is 0.409. The molecule has 10 heteroatoms. The molecular weight excluding hydrogens is 446 g/mol. The normalized spacial score (nSPS) is 12.6. The Morgan fingerprint density at radius 1 is 0.970 bits per heavy atom. The summed E-state index contributed by atoms with van der Waals surface area (Å²) in [6, 6.07) is 11.3. The summed E-state index contributed by atoms with van der Waals surface area (Å²) in [5, 5.41) is 14.6. The van der Waals surface area contributed by atoms with Crippen LogP contribution < -0.4 is 15.4 Å². The number of nitrogens with one attached hydrogen (secondary N) is 3. The van der Waals surface area contributed by atoms with Gasteiger partial charge >= 0.3 is 6.09 Å². The molecule has 0 saturated carbocycles. The first-order valence-corrected chi connectivity index (χ1v) is 12.0. The predicted molar refractivity (Wildman–Crippen MR) is 124 cm³/mol. The zero-order chi connectivity index (χ0) is 24.6. The molecule has 33 heavy (non-hydrogen) atoms. The van der Waals surface area contributed by atoms with Gasteiger partial charge in [-0.05, 0) is 63.9 Å². The molecule has 2 aromatic carbocycles. The summed E-state index contributed by atoms with van der Waals surface area (Å²) < 4.78 is 33.3. The van der Waals surface area contributed by atoms with Crippen LogP contribution in [0.3, 0.4) is 0 Å². The molecule has 2 aromatic rings. The molecule has 1 atom stereocenters. The van der Waals surface area contributed by atoms with Crippen LogP contribution in [0.4, 0.5) is 4.79 Å². The standard InChI is InChI=1S/C23H31N3O6S/c1-16-5-11-19(12-6-16)33(30,31)26-20(15-17-7-9-18(27)10-8-17)21(28)24-13-14-25-22(29)32-23(2,3)4/h5-12,20,26-27H,13-15H2,1-4H3,(H,24,28)(H,25,29). The monoisotopic (exact) mass is 477 g/mol. The molecule has 0 radical (unpaired) electrons. The van der Waals surface area contributed by atoms with Gasteiger partial charge in [0.25, 0.3) is 0 Å². The maximum Gasteiger partial charge on any atom is 0.407 e. The van der Waals surface area contributed by atoms with Crippen molar-refractivity contribution in [1.82, 2.24) is 15.4 Å². The summed E-state index contributed by atoms with van der Waals surface area (Å²) >= 11 is 0. The molecule has 9 nitrogen and oxygen atoms in total. The van der Waals surface area contributed by atoms with Crippen LogP contribution in [0, 0.1) is 6.92 Å². The zero-order valence-corrected chi connectivity index (χ0v) is 20.0. The summed E-state index contributed by atoms with van der Waals surface area (Å²) in [5.41, 5.74) is 0.924. The van der Waals surface area contributed by atoms with Crippen molar-refractivity contribution < 1.29 is 27.9 Å². The minimum Gasteiger partial charge on any atom is -0.508 e. The lowest BCUT2D eigenvalue weighted by molar-refractivity contribution is -0.122. The molecule has 1 unspecified atom stereocenters. The third-order valence-electron chi connectivity index (χ3n) is 4.41. The summed E-state index contributed by atoms with van der Waals surface area (Å²) in [4.78, 5) is 24.6. The van der Waals surface area contributed by atoms with Crippen molar-refractivity contribution in [2.24, 2.45) is 0 Å². The molecule has 0 aliphatic rings. The van der Waals surface area contributed by atoms with Gasteiger partial charge in [0, 0.05) is 13.1 Å². The van der Waals surface area contributed by atoms with Gasteiger partial charge in [-0.25, -0.2) is 13.2 Å². The van der Waals surface area contributed by atoms with Gasteiger partial charge in [-0.1, -0.05) is 29.8 Å². The van der Waals surface area contributed by atoms with Gasteiger partial charge in [-0.15, -0.1) is 0 Å². The molecule has 2 rings (SSSR count). The summed E-state index contributed by atoms with van der Waals surface area (Å²) in [6.45, 7) is 7.25. The number of rotatable bonds is 9. The third kappa shape index (κ3) is 9.11. The van der Waals surface area contributed by atoms with Gasteiger partial charge < -0.3 is 20.5 Å². The van der Waals surface area contributed by atoms with E-state index in [4.69, 9.17) is 4.74 Å². The number of amides is 2. The Bertz CT molecular complexity index is 1050. The lowest BCUT2D eigenvalue weighted by atomic mass is 10.1. The molecule has 0 aromatic heterocycles. The van der Waals surface area contributed by atoms with Crippen LogP contribution in [0.25, 0.3) is 0 Å². The van der Waals surface area contributed by atoms with E-state index in [9.17, 15) is 23.1 Å². The highest BCUT2D eigenvalue weighted by Gasteiger charge is 2.26. The first-order chi connectivity index (χ1) is 15.4. The average molecular weight is 478 g/mol. The lowest BCUT2D eigenvalue weighted by Gasteiger charge is -2.20. The first kappa shape index (κ1) is 26.1. The van der Waals surface area contributed by atoms with Gasteiger partial charge in [0.1, 0.15) is 17.4 Å². The summed E-state index contributed by atoms with van der Waals surface area (Å²) in [5.74, 6) is -0.488. The van der Waals surface area contributed by atoms with E-state index >= 15 is 0 Å². The van der Waals surface area contributed by atoms with Crippen molar-refractivity contribution in [3.05, 3.63) is 59.7 Å². The van der Waals surface area contributed by atoms with E-state index in [-0.39, 0.29) is 30.2 Å². The van der Waals surface area contributed by atoms with Gasteiger partial charge in [-0.3, -0.25) is 4.79 Å². The minimum absolute atomic E-state index is 0.0446. The fraction of sp³-hybridized carbons (Fsp3) is 0.391. The lowest BCUT2D eigenvalue weighted by Crippen LogP contribution is -2.49. The van der Waals surface area contributed by atoms with Gasteiger partial charge in [0.15, 0.2) is 0 Å². The second-order valence-corrected chi connectivity index (χ2v) is 10.3. The van der Waals surface area contributed by atoms with Gasteiger partial charge in [0.05, 0.1) is 4.90 Å². The van der Waals surface area contributed by atoms with Crippen molar-refractivity contribution in [2.75, 3.05) is 13.1 Å². The Morgan fingerprint density at radius 3 is 2.12 bits per heavy atom.